The number of anilines is 1. The highest BCUT2D eigenvalue weighted by atomic mass is 32.2. The summed E-state index contributed by atoms with van der Waals surface area (Å²) in [5.41, 5.74) is 1.89. The van der Waals surface area contributed by atoms with E-state index >= 15 is 0 Å². The lowest BCUT2D eigenvalue weighted by atomic mass is 10.1. The van der Waals surface area contributed by atoms with E-state index in [0.717, 1.165) is 23.7 Å². The van der Waals surface area contributed by atoms with Crippen molar-refractivity contribution in [2.45, 2.75) is 24.5 Å². The van der Waals surface area contributed by atoms with Crippen LogP contribution in [0, 0.1) is 0 Å². The summed E-state index contributed by atoms with van der Waals surface area (Å²) in [6, 6.07) is 13.8. The van der Waals surface area contributed by atoms with Crippen LogP contribution in [-0.4, -0.2) is 21.6 Å². The Balaban J connectivity index is 1.81. The van der Waals surface area contributed by atoms with Crippen molar-refractivity contribution in [3.63, 3.8) is 0 Å². The zero-order chi connectivity index (χ0) is 19.4. The smallest absolute Gasteiger partial charge is 0.325 e. The molecule has 0 unspecified atom stereocenters. The van der Waals surface area contributed by atoms with E-state index in [2.05, 4.69) is 15.3 Å². The summed E-state index contributed by atoms with van der Waals surface area (Å²) in [6.07, 6.45) is -3.89. The molecule has 3 rings (SSSR count). The van der Waals surface area contributed by atoms with E-state index in [9.17, 15) is 18.0 Å². The van der Waals surface area contributed by atoms with Gasteiger partial charge in [-0.25, -0.2) is 9.97 Å². The van der Waals surface area contributed by atoms with Crippen molar-refractivity contribution in [1.82, 2.24) is 9.97 Å². The number of halogens is 3. The number of hydrogen-bond donors (Lipinski definition) is 1. The van der Waals surface area contributed by atoms with Crippen molar-refractivity contribution in [1.29, 1.82) is 0 Å². The van der Waals surface area contributed by atoms with Gasteiger partial charge in [0.15, 0.2) is 0 Å². The number of thioether (sulfide) groups is 1. The van der Waals surface area contributed by atoms with Gasteiger partial charge in [-0.05, 0) is 24.1 Å². The fourth-order valence-corrected chi connectivity index (χ4v) is 3.37. The van der Waals surface area contributed by atoms with Crippen LogP contribution >= 0.6 is 11.8 Å². The molecule has 0 fully saturated rings. The van der Waals surface area contributed by atoms with E-state index in [4.69, 9.17) is 0 Å². The predicted octanol–water partition coefficient (Wildman–Crippen LogP) is 4.94. The largest absolute Gasteiger partial charge is 0.451 e. The van der Waals surface area contributed by atoms with E-state index in [1.54, 1.807) is 24.3 Å². The second-order valence-electron chi connectivity index (χ2n) is 5.71. The Hall–Kier alpha value is -2.61. The van der Waals surface area contributed by atoms with Gasteiger partial charge in [-0.15, -0.1) is 0 Å². The van der Waals surface area contributed by atoms with E-state index in [1.165, 1.54) is 6.07 Å². The van der Waals surface area contributed by atoms with Gasteiger partial charge in [-0.2, -0.15) is 13.2 Å². The molecule has 27 heavy (non-hydrogen) atoms. The maximum Gasteiger partial charge on any atom is 0.451 e. The lowest BCUT2D eigenvalue weighted by Crippen LogP contribution is -2.16. The Labute approximate surface area is 158 Å². The standard InChI is InChI=1S/C19H16F3N3OS/c1-2-12-7-3-5-9-14(12)23-16(26)11-27-17-13-8-4-6-10-15(13)24-18(25-17)19(20,21)22/h3-10H,2,11H2,1H3,(H,23,26). The zero-order valence-corrected chi connectivity index (χ0v) is 15.2. The highest BCUT2D eigenvalue weighted by Crippen LogP contribution is 2.32. The number of nitrogens with one attached hydrogen (secondary N) is 1. The Bertz CT molecular complexity index is 976. The number of fused-ring (bicyclic) bond motifs is 1. The first-order valence-electron chi connectivity index (χ1n) is 8.23. The van der Waals surface area contributed by atoms with Crippen molar-refractivity contribution in [3.05, 3.63) is 59.9 Å². The topological polar surface area (TPSA) is 54.9 Å². The molecule has 0 aliphatic rings. The molecule has 0 bridgehead atoms. The van der Waals surface area contributed by atoms with E-state index < -0.39 is 12.0 Å². The van der Waals surface area contributed by atoms with Crippen molar-refractivity contribution < 1.29 is 18.0 Å². The summed E-state index contributed by atoms with van der Waals surface area (Å²) in [5, 5.41) is 3.41. The minimum Gasteiger partial charge on any atom is -0.325 e. The number of carbonyl (C=O) groups is 1. The molecule has 1 amide bonds. The Morgan fingerprint density at radius 2 is 1.78 bits per heavy atom. The van der Waals surface area contributed by atoms with Crippen LogP contribution in [0.2, 0.25) is 0 Å². The van der Waals surface area contributed by atoms with Gasteiger partial charge in [0.1, 0.15) is 5.03 Å². The molecular formula is C19H16F3N3OS. The summed E-state index contributed by atoms with van der Waals surface area (Å²) in [5.74, 6) is -1.58. The molecule has 2 aromatic carbocycles. The molecule has 0 atom stereocenters. The van der Waals surface area contributed by atoms with E-state index in [-0.39, 0.29) is 22.2 Å². The van der Waals surface area contributed by atoms with Gasteiger partial charge >= 0.3 is 6.18 Å². The average molecular weight is 391 g/mol. The van der Waals surface area contributed by atoms with E-state index in [0.29, 0.717) is 11.1 Å². The lowest BCUT2D eigenvalue weighted by Gasteiger charge is -2.11. The monoisotopic (exact) mass is 391 g/mol. The SMILES string of the molecule is CCc1ccccc1NC(=O)CSc1nc(C(F)(F)F)nc2ccccc12. The fourth-order valence-electron chi connectivity index (χ4n) is 2.56. The maximum absolute atomic E-state index is 13.1. The van der Waals surface area contributed by atoms with Gasteiger partial charge in [0.25, 0.3) is 0 Å². The molecule has 0 radical (unpaired) electrons. The van der Waals surface area contributed by atoms with Crippen LogP contribution in [0.5, 0.6) is 0 Å². The van der Waals surface area contributed by atoms with Gasteiger partial charge in [0.2, 0.25) is 11.7 Å². The number of aryl methyl sites for hydroxylation is 1. The van der Waals surface area contributed by atoms with Gasteiger partial charge in [0, 0.05) is 11.1 Å². The van der Waals surface area contributed by atoms with Crippen LogP contribution in [-0.2, 0) is 17.4 Å². The Kier molecular flexibility index (Phi) is 5.65. The van der Waals surface area contributed by atoms with Gasteiger partial charge in [-0.1, -0.05) is 55.1 Å². The molecule has 1 heterocycles. The third-order valence-electron chi connectivity index (χ3n) is 3.83. The quantitative estimate of drug-likeness (QED) is 0.494. The summed E-state index contributed by atoms with van der Waals surface area (Å²) >= 11 is 0.958. The summed E-state index contributed by atoms with van der Waals surface area (Å²) in [4.78, 5) is 19.5. The highest BCUT2D eigenvalue weighted by Gasteiger charge is 2.35. The number of carbonyl (C=O) groups excluding carboxylic acids is 1. The third-order valence-corrected chi connectivity index (χ3v) is 4.83. The second kappa shape index (κ2) is 7.96. The molecule has 0 saturated carbocycles. The molecule has 0 spiro atoms. The van der Waals surface area contributed by atoms with Gasteiger partial charge in [-0.3, -0.25) is 4.79 Å². The van der Waals surface area contributed by atoms with E-state index in [1.807, 2.05) is 25.1 Å². The predicted molar refractivity (Wildman–Crippen MR) is 99.7 cm³/mol. The van der Waals surface area contributed by atoms with Crippen molar-refractivity contribution in [3.8, 4) is 0 Å². The molecule has 0 aliphatic carbocycles. The molecule has 140 valence electrons. The molecule has 0 aliphatic heterocycles. The molecule has 8 heteroatoms. The normalized spacial score (nSPS) is 11.6. The first kappa shape index (κ1) is 19.2. The van der Waals surface area contributed by atoms with Crippen molar-refractivity contribution in [2.75, 3.05) is 11.1 Å². The minimum atomic E-state index is -4.65. The summed E-state index contributed by atoms with van der Waals surface area (Å²) in [7, 11) is 0. The fraction of sp³-hybridized carbons (Fsp3) is 0.211. The molecule has 0 saturated heterocycles. The summed E-state index contributed by atoms with van der Waals surface area (Å²) < 4.78 is 39.2. The van der Waals surface area contributed by atoms with Crippen LogP contribution in [0.4, 0.5) is 18.9 Å². The minimum absolute atomic E-state index is 0.0592. The van der Waals surface area contributed by atoms with Crippen LogP contribution in [0.1, 0.15) is 18.3 Å². The number of hydrogen-bond acceptors (Lipinski definition) is 4. The molecule has 4 nitrogen and oxygen atoms in total. The maximum atomic E-state index is 13.1. The Morgan fingerprint density at radius 1 is 1.07 bits per heavy atom. The first-order chi connectivity index (χ1) is 12.9. The summed E-state index contributed by atoms with van der Waals surface area (Å²) in [6.45, 7) is 1.98. The number of benzene rings is 2. The number of nitrogens with zero attached hydrogens (tertiary/aromatic N) is 2. The highest BCUT2D eigenvalue weighted by molar-refractivity contribution is 8.00. The van der Waals surface area contributed by atoms with Gasteiger partial charge in [0.05, 0.1) is 11.3 Å². The number of amides is 1. The number of para-hydroxylation sites is 2. The van der Waals surface area contributed by atoms with Crippen LogP contribution in [0.15, 0.2) is 53.6 Å². The number of alkyl halides is 3. The molecule has 1 N–H and O–H groups in total. The van der Waals surface area contributed by atoms with Crippen molar-refractivity contribution >= 4 is 34.3 Å². The number of rotatable bonds is 5. The second-order valence-corrected chi connectivity index (χ2v) is 6.68. The Morgan fingerprint density at radius 3 is 2.52 bits per heavy atom. The van der Waals surface area contributed by atoms with Crippen LogP contribution < -0.4 is 5.32 Å². The first-order valence-corrected chi connectivity index (χ1v) is 9.21. The molecule has 3 aromatic rings. The van der Waals surface area contributed by atoms with Crippen LogP contribution in [0.3, 0.4) is 0 Å². The molecule has 1 aromatic heterocycles. The number of aromatic nitrogens is 2. The lowest BCUT2D eigenvalue weighted by molar-refractivity contribution is -0.145. The van der Waals surface area contributed by atoms with Crippen LogP contribution in [0.25, 0.3) is 10.9 Å². The average Bonchev–Trinajstić information content (AvgIpc) is 2.65. The molecular weight excluding hydrogens is 375 g/mol. The van der Waals surface area contributed by atoms with Crippen molar-refractivity contribution in [2.24, 2.45) is 0 Å². The third kappa shape index (κ3) is 4.57. The van der Waals surface area contributed by atoms with Gasteiger partial charge < -0.3 is 5.32 Å². The zero-order valence-electron chi connectivity index (χ0n) is 14.4.